The van der Waals surface area contributed by atoms with E-state index in [0.29, 0.717) is 11.5 Å². The van der Waals surface area contributed by atoms with E-state index in [9.17, 15) is 0 Å². The van der Waals surface area contributed by atoms with Gasteiger partial charge >= 0.3 is 0 Å². The molecule has 0 amide bonds. The summed E-state index contributed by atoms with van der Waals surface area (Å²) in [7, 11) is 0. The Balaban J connectivity index is 2.49. The third kappa shape index (κ3) is 1.96. The molecule has 0 heterocycles. The van der Waals surface area contributed by atoms with Crippen molar-refractivity contribution in [2.24, 2.45) is 11.1 Å². The summed E-state index contributed by atoms with van der Waals surface area (Å²) in [4.78, 5) is 0. The molecule has 1 nitrogen and oxygen atoms in total. The van der Waals surface area contributed by atoms with Gasteiger partial charge in [-0.1, -0.05) is 33.1 Å². The third-order valence-corrected chi connectivity index (χ3v) is 3.33. The summed E-state index contributed by atoms with van der Waals surface area (Å²) in [5.41, 5.74) is 6.55. The topological polar surface area (TPSA) is 26.0 Å². The number of nitrogens with two attached hydrogens (primary N) is 1. The van der Waals surface area contributed by atoms with E-state index in [1.165, 1.54) is 32.1 Å². The fourth-order valence-electron chi connectivity index (χ4n) is 2.22. The van der Waals surface area contributed by atoms with Crippen molar-refractivity contribution in [2.75, 3.05) is 0 Å². The highest BCUT2D eigenvalue weighted by Gasteiger charge is 2.31. The largest absolute Gasteiger partial charge is 0.327 e. The van der Waals surface area contributed by atoms with Gasteiger partial charge in [0, 0.05) is 6.04 Å². The average Bonchev–Trinajstić information content (AvgIpc) is 2.04. The van der Waals surface area contributed by atoms with E-state index in [2.05, 4.69) is 13.8 Å². The van der Waals surface area contributed by atoms with Crippen LogP contribution in [0.4, 0.5) is 0 Å². The Hall–Kier alpha value is -0.0400. The van der Waals surface area contributed by atoms with Crippen LogP contribution in [-0.2, 0) is 0 Å². The first-order valence-electron chi connectivity index (χ1n) is 4.94. The molecule has 1 aliphatic rings. The van der Waals surface area contributed by atoms with Crippen LogP contribution < -0.4 is 5.73 Å². The van der Waals surface area contributed by atoms with Gasteiger partial charge in [0.05, 0.1) is 0 Å². The maximum absolute atomic E-state index is 6.08. The van der Waals surface area contributed by atoms with Crippen LogP contribution >= 0.6 is 0 Å². The molecule has 0 radical (unpaired) electrons. The molecule has 0 aliphatic heterocycles. The van der Waals surface area contributed by atoms with Crippen LogP contribution in [0.3, 0.4) is 0 Å². The minimum absolute atomic E-state index is 0.433. The normalized spacial score (nSPS) is 26.5. The lowest BCUT2D eigenvalue weighted by atomic mass is 9.70. The Morgan fingerprint density at radius 2 is 1.82 bits per heavy atom. The molecule has 0 aromatic heterocycles. The highest BCUT2D eigenvalue weighted by molar-refractivity contribution is 4.86. The second kappa shape index (κ2) is 3.57. The zero-order valence-corrected chi connectivity index (χ0v) is 7.90. The lowest BCUT2D eigenvalue weighted by molar-refractivity contribution is 0.166. The number of hydrogen-bond acceptors (Lipinski definition) is 1. The molecular formula is C10H21N. The molecule has 1 saturated carbocycles. The summed E-state index contributed by atoms with van der Waals surface area (Å²) in [6.07, 6.45) is 8.04. The lowest BCUT2D eigenvalue weighted by Gasteiger charge is -2.38. The smallest absolute Gasteiger partial charge is 0.00902 e. The fourth-order valence-corrected chi connectivity index (χ4v) is 2.22. The Morgan fingerprint density at radius 3 is 2.27 bits per heavy atom. The highest BCUT2D eigenvalue weighted by atomic mass is 14.7. The molecule has 66 valence electrons. The summed E-state index contributed by atoms with van der Waals surface area (Å²) < 4.78 is 0. The van der Waals surface area contributed by atoms with Crippen molar-refractivity contribution >= 4 is 0 Å². The van der Waals surface area contributed by atoms with Gasteiger partial charge in [0.2, 0.25) is 0 Å². The molecule has 1 atom stereocenters. The van der Waals surface area contributed by atoms with Crippen LogP contribution in [0.25, 0.3) is 0 Å². The van der Waals surface area contributed by atoms with Gasteiger partial charge in [-0.3, -0.25) is 0 Å². The molecule has 0 aromatic carbocycles. The van der Waals surface area contributed by atoms with Gasteiger partial charge in [-0.05, 0) is 24.7 Å². The second-order valence-electron chi connectivity index (χ2n) is 4.23. The minimum Gasteiger partial charge on any atom is -0.327 e. The summed E-state index contributed by atoms with van der Waals surface area (Å²) in [5, 5.41) is 0. The zero-order chi connectivity index (χ0) is 8.32. The molecule has 0 spiro atoms. The lowest BCUT2D eigenvalue weighted by Crippen LogP contribution is -2.40. The van der Waals surface area contributed by atoms with Crippen LogP contribution in [-0.4, -0.2) is 6.04 Å². The van der Waals surface area contributed by atoms with Crippen LogP contribution in [0.1, 0.15) is 52.4 Å². The predicted molar refractivity (Wildman–Crippen MR) is 49.5 cm³/mol. The van der Waals surface area contributed by atoms with E-state index in [4.69, 9.17) is 5.73 Å². The molecular weight excluding hydrogens is 134 g/mol. The quantitative estimate of drug-likeness (QED) is 0.652. The molecule has 1 fully saturated rings. The van der Waals surface area contributed by atoms with Crippen molar-refractivity contribution in [3.8, 4) is 0 Å². The molecule has 11 heavy (non-hydrogen) atoms. The molecule has 0 aromatic rings. The van der Waals surface area contributed by atoms with Crippen LogP contribution in [0, 0.1) is 5.41 Å². The van der Waals surface area contributed by atoms with Crippen LogP contribution in [0.2, 0.25) is 0 Å². The summed E-state index contributed by atoms with van der Waals surface area (Å²) >= 11 is 0. The van der Waals surface area contributed by atoms with E-state index < -0.39 is 0 Å². The first-order chi connectivity index (χ1) is 5.19. The molecule has 1 rings (SSSR count). The van der Waals surface area contributed by atoms with E-state index in [1.54, 1.807) is 0 Å². The maximum atomic E-state index is 6.08. The van der Waals surface area contributed by atoms with Crippen molar-refractivity contribution in [1.82, 2.24) is 0 Å². The number of rotatable bonds is 2. The maximum Gasteiger partial charge on any atom is 0.00902 e. The summed E-state index contributed by atoms with van der Waals surface area (Å²) in [5.74, 6) is 0. The van der Waals surface area contributed by atoms with Crippen LogP contribution in [0.15, 0.2) is 0 Å². The van der Waals surface area contributed by atoms with Crippen molar-refractivity contribution in [1.29, 1.82) is 0 Å². The standard InChI is InChI=1S/C10H21N/c1-3-9(11)10(2)7-5-4-6-8-10/h9H,3-8,11H2,1-2H3. The third-order valence-electron chi connectivity index (χ3n) is 3.33. The summed E-state index contributed by atoms with van der Waals surface area (Å²) in [6, 6.07) is 0.433. The minimum atomic E-state index is 0.433. The van der Waals surface area contributed by atoms with Gasteiger partial charge in [0.15, 0.2) is 0 Å². The fraction of sp³-hybridized carbons (Fsp3) is 1.00. The Labute approximate surface area is 70.4 Å². The SMILES string of the molecule is CCC(N)C1(C)CCCCC1. The average molecular weight is 155 g/mol. The van der Waals surface area contributed by atoms with E-state index >= 15 is 0 Å². The number of hydrogen-bond donors (Lipinski definition) is 1. The monoisotopic (exact) mass is 155 g/mol. The van der Waals surface area contributed by atoms with Crippen LogP contribution in [0.5, 0.6) is 0 Å². The van der Waals surface area contributed by atoms with Gasteiger partial charge in [-0.2, -0.15) is 0 Å². The van der Waals surface area contributed by atoms with E-state index in [-0.39, 0.29) is 0 Å². The van der Waals surface area contributed by atoms with Crippen molar-refractivity contribution in [3.05, 3.63) is 0 Å². The van der Waals surface area contributed by atoms with E-state index in [0.717, 1.165) is 6.42 Å². The Kier molecular flexibility index (Phi) is 2.94. The van der Waals surface area contributed by atoms with Gasteiger partial charge in [-0.25, -0.2) is 0 Å². The van der Waals surface area contributed by atoms with Gasteiger partial charge in [-0.15, -0.1) is 0 Å². The molecule has 2 N–H and O–H groups in total. The first kappa shape index (κ1) is 9.05. The van der Waals surface area contributed by atoms with Gasteiger partial charge < -0.3 is 5.73 Å². The molecule has 1 unspecified atom stereocenters. The first-order valence-corrected chi connectivity index (χ1v) is 4.94. The predicted octanol–water partition coefficient (Wildman–Crippen LogP) is 2.69. The molecule has 1 aliphatic carbocycles. The highest BCUT2D eigenvalue weighted by Crippen LogP contribution is 2.38. The van der Waals surface area contributed by atoms with Gasteiger partial charge in [0.25, 0.3) is 0 Å². The van der Waals surface area contributed by atoms with Crippen molar-refractivity contribution < 1.29 is 0 Å². The Morgan fingerprint density at radius 1 is 1.27 bits per heavy atom. The van der Waals surface area contributed by atoms with Crippen molar-refractivity contribution in [3.63, 3.8) is 0 Å². The van der Waals surface area contributed by atoms with Gasteiger partial charge in [0.1, 0.15) is 0 Å². The van der Waals surface area contributed by atoms with E-state index in [1.807, 2.05) is 0 Å². The van der Waals surface area contributed by atoms with Crippen molar-refractivity contribution in [2.45, 2.75) is 58.4 Å². The molecule has 0 bridgehead atoms. The molecule has 1 heteroatoms. The summed E-state index contributed by atoms with van der Waals surface area (Å²) in [6.45, 7) is 4.56. The second-order valence-corrected chi connectivity index (χ2v) is 4.23. The zero-order valence-electron chi connectivity index (χ0n) is 7.90. The Bertz CT molecular complexity index is 114. The molecule has 0 saturated heterocycles.